The molecule has 0 bridgehead atoms. The minimum Gasteiger partial charge on any atom is -0.360 e. The van der Waals surface area contributed by atoms with Crippen LogP contribution in [0.15, 0.2) is 0 Å². The molecule has 0 aromatic carbocycles. The van der Waals surface area contributed by atoms with E-state index < -0.39 is 0 Å². The molecule has 1 heterocycles. The molecule has 1 aliphatic carbocycles. The average Bonchev–Trinajstić information content (AvgIpc) is 2.96. The number of likely N-dealkylation sites (tertiary alicyclic amines) is 1. The summed E-state index contributed by atoms with van der Waals surface area (Å²) < 4.78 is 0. The van der Waals surface area contributed by atoms with Crippen LogP contribution in [-0.4, -0.2) is 29.1 Å². The molecule has 1 saturated heterocycles. The van der Waals surface area contributed by atoms with E-state index in [0.717, 1.165) is 11.7 Å². The summed E-state index contributed by atoms with van der Waals surface area (Å²) >= 11 is 5.44. The van der Waals surface area contributed by atoms with Crippen molar-refractivity contribution in [3.05, 3.63) is 0 Å². The van der Waals surface area contributed by atoms with E-state index in [4.69, 9.17) is 12.2 Å². The Morgan fingerprint density at radius 3 is 2.53 bits per heavy atom. The fourth-order valence-electron chi connectivity index (χ4n) is 2.43. The molecule has 1 saturated carbocycles. The lowest BCUT2D eigenvalue weighted by molar-refractivity contribution is 0.277. The highest BCUT2D eigenvalue weighted by molar-refractivity contribution is 7.80. The molecule has 2 nitrogen and oxygen atoms in total. The third-order valence-electron chi connectivity index (χ3n) is 4.13. The van der Waals surface area contributed by atoms with Gasteiger partial charge in [-0.2, -0.15) is 0 Å². The molecule has 3 heteroatoms. The van der Waals surface area contributed by atoms with Gasteiger partial charge < -0.3 is 10.2 Å². The van der Waals surface area contributed by atoms with Gasteiger partial charge in [0.2, 0.25) is 0 Å². The van der Waals surface area contributed by atoms with Gasteiger partial charge >= 0.3 is 0 Å². The lowest BCUT2D eigenvalue weighted by Crippen LogP contribution is -2.40. The minimum absolute atomic E-state index is 0.537. The first-order chi connectivity index (χ1) is 7.19. The lowest BCUT2D eigenvalue weighted by Gasteiger charge is -2.27. The fourth-order valence-corrected chi connectivity index (χ4v) is 2.75. The monoisotopic (exact) mass is 226 g/mol. The maximum atomic E-state index is 5.44. The summed E-state index contributed by atoms with van der Waals surface area (Å²) in [7, 11) is 0. The van der Waals surface area contributed by atoms with Gasteiger partial charge in [0.15, 0.2) is 5.11 Å². The Kier molecular flexibility index (Phi) is 3.19. The van der Waals surface area contributed by atoms with Crippen molar-refractivity contribution in [1.82, 2.24) is 10.2 Å². The van der Waals surface area contributed by atoms with E-state index in [1.807, 2.05) is 0 Å². The van der Waals surface area contributed by atoms with Crippen LogP contribution in [0.25, 0.3) is 0 Å². The molecular formula is C12H22N2S. The average molecular weight is 226 g/mol. The van der Waals surface area contributed by atoms with Crippen LogP contribution in [-0.2, 0) is 0 Å². The van der Waals surface area contributed by atoms with E-state index in [0.29, 0.717) is 11.5 Å². The number of thiocarbonyl (C=S) groups is 1. The lowest BCUT2D eigenvalue weighted by atomic mass is 9.82. The quantitative estimate of drug-likeness (QED) is 0.745. The summed E-state index contributed by atoms with van der Waals surface area (Å²) in [6, 6.07) is 0.691. The van der Waals surface area contributed by atoms with Gasteiger partial charge in [-0.15, -0.1) is 0 Å². The zero-order chi connectivity index (χ0) is 10.9. The summed E-state index contributed by atoms with van der Waals surface area (Å²) in [6.07, 6.45) is 6.49. The number of nitrogens with zero attached hydrogens (tertiary/aromatic N) is 1. The third-order valence-corrected chi connectivity index (χ3v) is 4.51. The molecule has 2 rings (SSSR count). The molecular weight excluding hydrogens is 204 g/mol. The molecule has 1 aliphatic heterocycles. The van der Waals surface area contributed by atoms with Crippen LogP contribution < -0.4 is 5.32 Å². The van der Waals surface area contributed by atoms with Crippen molar-refractivity contribution < 1.29 is 0 Å². The van der Waals surface area contributed by atoms with Crippen LogP contribution in [0.5, 0.6) is 0 Å². The molecule has 0 aromatic rings. The largest absolute Gasteiger partial charge is 0.360 e. The minimum atomic E-state index is 0.537. The second-order valence-electron chi connectivity index (χ2n) is 5.10. The Hall–Kier alpha value is -0.310. The maximum absolute atomic E-state index is 5.44. The predicted octanol–water partition coefficient (Wildman–Crippen LogP) is 2.54. The Labute approximate surface area is 98.4 Å². The number of hydrogen-bond acceptors (Lipinski definition) is 1. The maximum Gasteiger partial charge on any atom is 0.169 e. The molecule has 2 aliphatic rings. The number of hydrogen-bond donors (Lipinski definition) is 1. The van der Waals surface area contributed by atoms with Gasteiger partial charge in [-0.3, -0.25) is 0 Å². The molecule has 0 spiro atoms. The molecule has 1 N–H and O–H groups in total. The topological polar surface area (TPSA) is 15.3 Å². The first-order valence-corrected chi connectivity index (χ1v) is 6.65. The zero-order valence-electron chi connectivity index (χ0n) is 9.88. The molecule has 15 heavy (non-hydrogen) atoms. The Morgan fingerprint density at radius 1 is 1.40 bits per heavy atom. The molecule has 2 fully saturated rings. The molecule has 86 valence electrons. The van der Waals surface area contributed by atoms with Crippen molar-refractivity contribution in [2.75, 3.05) is 13.1 Å². The number of nitrogens with one attached hydrogen (secondary N) is 1. The van der Waals surface area contributed by atoms with E-state index in [1.165, 1.54) is 38.6 Å². The van der Waals surface area contributed by atoms with E-state index in [9.17, 15) is 0 Å². The number of rotatable bonds is 3. The van der Waals surface area contributed by atoms with Crippen LogP contribution in [0, 0.1) is 5.41 Å². The van der Waals surface area contributed by atoms with E-state index in [-0.39, 0.29) is 0 Å². The van der Waals surface area contributed by atoms with E-state index in [2.05, 4.69) is 24.1 Å². The second-order valence-corrected chi connectivity index (χ2v) is 5.49. The zero-order valence-corrected chi connectivity index (χ0v) is 10.7. The van der Waals surface area contributed by atoms with Gasteiger partial charge in [0, 0.05) is 19.1 Å². The van der Waals surface area contributed by atoms with E-state index >= 15 is 0 Å². The van der Waals surface area contributed by atoms with Crippen LogP contribution in [0.1, 0.15) is 46.0 Å². The standard InChI is InChI=1S/C12H22N2S/c1-3-12(4-2)7-8-14(9-12)11(15)13-10-5-6-10/h10H,3-9H2,1-2H3,(H,13,15). The van der Waals surface area contributed by atoms with Crippen molar-refractivity contribution in [2.24, 2.45) is 5.41 Å². The fraction of sp³-hybridized carbons (Fsp3) is 0.917. The third kappa shape index (κ3) is 2.44. The first-order valence-electron chi connectivity index (χ1n) is 6.24. The van der Waals surface area contributed by atoms with Crippen molar-refractivity contribution in [2.45, 2.75) is 52.0 Å². The SMILES string of the molecule is CCC1(CC)CCN(C(=S)NC2CC2)C1. The summed E-state index contributed by atoms with van der Waals surface area (Å²) in [5.74, 6) is 0. The smallest absolute Gasteiger partial charge is 0.169 e. The van der Waals surface area contributed by atoms with Crippen molar-refractivity contribution >= 4 is 17.3 Å². The van der Waals surface area contributed by atoms with Crippen molar-refractivity contribution in [1.29, 1.82) is 0 Å². The van der Waals surface area contributed by atoms with Gasteiger partial charge in [0.05, 0.1) is 0 Å². The van der Waals surface area contributed by atoms with Crippen LogP contribution in [0.2, 0.25) is 0 Å². The van der Waals surface area contributed by atoms with E-state index in [1.54, 1.807) is 0 Å². The first kappa shape index (κ1) is 11.2. The highest BCUT2D eigenvalue weighted by Gasteiger charge is 2.36. The van der Waals surface area contributed by atoms with Crippen molar-refractivity contribution in [3.8, 4) is 0 Å². The molecule has 0 unspecified atom stereocenters. The summed E-state index contributed by atoms with van der Waals surface area (Å²) in [5, 5.41) is 4.44. The Balaban J connectivity index is 1.87. The molecule has 0 radical (unpaired) electrons. The van der Waals surface area contributed by atoms with Crippen LogP contribution in [0.3, 0.4) is 0 Å². The van der Waals surface area contributed by atoms with Crippen LogP contribution in [0.4, 0.5) is 0 Å². The van der Waals surface area contributed by atoms with Gasteiger partial charge in [-0.1, -0.05) is 13.8 Å². The van der Waals surface area contributed by atoms with Gasteiger partial charge in [0.1, 0.15) is 0 Å². The van der Waals surface area contributed by atoms with Crippen LogP contribution >= 0.6 is 12.2 Å². The van der Waals surface area contributed by atoms with Gasteiger partial charge in [-0.25, -0.2) is 0 Å². The van der Waals surface area contributed by atoms with Gasteiger partial charge in [-0.05, 0) is 49.7 Å². The summed E-state index contributed by atoms with van der Waals surface area (Å²) in [4.78, 5) is 2.38. The highest BCUT2D eigenvalue weighted by Crippen LogP contribution is 2.37. The molecule has 0 amide bonds. The second kappa shape index (κ2) is 4.28. The summed E-state index contributed by atoms with van der Waals surface area (Å²) in [6.45, 7) is 6.94. The predicted molar refractivity (Wildman–Crippen MR) is 68.0 cm³/mol. The van der Waals surface area contributed by atoms with Crippen molar-refractivity contribution in [3.63, 3.8) is 0 Å². The highest BCUT2D eigenvalue weighted by atomic mass is 32.1. The molecule has 0 aromatic heterocycles. The van der Waals surface area contributed by atoms with Gasteiger partial charge in [0.25, 0.3) is 0 Å². The Bertz CT molecular complexity index is 244. The molecule has 0 atom stereocenters. The Morgan fingerprint density at radius 2 is 2.07 bits per heavy atom. The normalized spacial score (nSPS) is 24.3. The summed E-state index contributed by atoms with van der Waals surface area (Å²) in [5.41, 5.74) is 0.537.